The van der Waals surface area contributed by atoms with Crippen LogP contribution in [0.15, 0.2) is 116 Å². The van der Waals surface area contributed by atoms with E-state index in [9.17, 15) is 0 Å². The maximum absolute atomic E-state index is 4.94. The number of aromatic nitrogens is 6. The first-order valence-corrected chi connectivity index (χ1v) is 14.2. The second kappa shape index (κ2) is 12.4. The zero-order valence-electron chi connectivity index (χ0n) is 22.8. The van der Waals surface area contributed by atoms with Crippen LogP contribution in [0.5, 0.6) is 0 Å². The molecule has 0 saturated carbocycles. The molecule has 3 aromatic carbocycles. The predicted octanol–water partition coefficient (Wildman–Crippen LogP) is 5.94. The van der Waals surface area contributed by atoms with Gasteiger partial charge in [-0.1, -0.05) is 78.9 Å². The van der Waals surface area contributed by atoms with Crippen LogP contribution in [0.2, 0.25) is 0 Å². The van der Waals surface area contributed by atoms with E-state index in [1.807, 2.05) is 55.0 Å². The molecule has 41 heavy (non-hydrogen) atoms. The molecule has 0 unspecified atom stereocenters. The average Bonchev–Trinajstić information content (AvgIpc) is 3.87. The molecule has 1 radical (unpaired) electrons. The topological polar surface area (TPSA) is 62.7 Å². The van der Waals surface area contributed by atoms with Gasteiger partial charge in [0.05, 0.1) is 18.6 Å². The van der Waals surface area contributed by atoms with E-state index in [-0.39, 0.29) is 19.5 Å². The molecule has 209 valence electrons. The van der Waals surface area contributed by atoms with Crippen molar-refractivity contribution in [3.05, 3.63) is 116 Å². The first kappa shape index (κ1) is 27.4. The van der Waals surface area contributed by atoms with Crippen molar-refractivity contribution in [3.8, 4) is 0 Å². The Morgan fingerprint density at radius 1 is 0.561 bits per heavy atom. The monoisotopic (exact) mass is 630 g/mol. The third-order valence-corrected chi connectivity index (χ3v) is 8.04. The molecule has 3 aliphatic rings. The summed E-state index contributed by atoms with van der Waals surface area (Å²) < 4.78 is 11.1. The second-order valence-electron chi connectivity index (χ2n) is 10.7. The summed E-state index contributed by atoms with van der Waals surface area (Å²) >= 11 is 0. The van der Waals surface area contributed by atoms with Gasteiger partial charge in [0.25, 0.3) is 0 Å². The van der Waals surface area contributed by atoms with E-state index in [0.717, 1.165) is 57.8 Å². The van der Waals surface area contributed by atoms with Crippen LogP contribution >= 0.6 is 0 Å². The average molecular weight is 630 g/mol. The van der Waals surface area contributed by atoms with E-state index < -0.39 is 7.12 Å². The molecule has 9 heteroatoms. The molecule has 1 fully saturated rings. The van der Waals surface area contributed by atoms with Crippen molar-refractivity contribution in [1.82, 2.24) is 29.1 Å². The van der Waals surface area contributed by atoms with Gasteiger partial charge in [0.15, 0.2) is 0 Å². The number of hydrogen-bond acceptors (Lipinski definition) is 4. The van der Waals surface area contributed by atoms with Crippen LogP contribution in [-0.2, 0) is 24.2 Å². The SMILES string of the molecule is C1=CC2C=CC1C2.C1CCOC1.[Rh].c1ccc2c(c1)cnn2[BH-](n1ncc2ccccc21)n1ncc2ccccc21. The van der Waals surface area contributed by atoms with Crippen molar-refractivity contribution in [3.63, 3.8) is 0 Å². The molecular formula is C32H32BN6ORh-. The molecule has 0 atom stereocenters. The number of ether oxygens (including phenoxy) is 1. The molecule has 2 bridgehead atoms. The minimum Gasteiger partial charge on any atom is -0.396 e. The van der Waals surface area contributed by atoms with Crippen LogP contribution in [-0.4, -0.2) is 49.4 Å². The normalized spacial score (nSPS) is 18.5. The molecule has 9 rings (SSSR count). The van der Waals surface area contributed by atoms with Gasteiger partial charge < -0.3 is 18.5 Å². The van der Waals surface area contributed by atoms with Crippen LogP contribution < -0.4 is 0 Å². The number of allylic oxidation sites excluding steroid dienone is 4. The van der Waals surface area contributed by atoms with E-state index in [1.165, 1.54) is 19.3 Å². The maximum Gasteiger partial charge on any atom is 0.327 e. The Kier molecular flexibility index (Phi) is 8.26. The minimum absolute atomic E-state index is 0. The van der Waals surface area contributed by atoms with Crippen LogP contribution in [0.4, 0.5) is 0 Å². The van der Waals surface area contributed by atoms with Gasteiger partial charge in [-0.3, -0.25) is 0 Å². The Bertz CT molecular complexity index is 1610. The van der Waals surface area contributed by atoms with Gasteiger partial charge in [-0.05, 0) is 49.3 Å². The Morgan fingerprint density at radius 2 is 0.927 bits per heavy atom. The summed E-state index contributed by atoms with van der Waals surface area (Å²) in [6, 6.07) is 24.8. The summed E-state index contributed by atoms with van der Waals surface area (Å²) in [7, 11) is -1.46. The Balaban J connectivity index is 0.000000191. The van der Waals surface area contributed by atoms with Crippen LogP contribution in [0, 0.1) is 11.8 Å². The van der Waals surface area contributed by atoms with Crippen LogP contribution in [0.1, 0.15) is 19.3 Å². The summed E-state index contributed by atoms with van der Waals surface area (Å²) in [5.41, 5.74) is 3.21. The van der Waals surface area contributed by atoms with E-state index >= 15 is 0 Å². The van der Waals surface area contributed by atoms with Crippen molar-refractivity contribution >= 4 is 39.8 Å². The molecule has 0 N–H and O–H groups in total. The van der Waals surface area contributed by atoms with Crippen molar-refractivity contribution in [2.45, 2.75) is 19.3 Å². The first-order chi connectivity index (χ1) is 19.8. The third kappa shape index (κ3) is 5.57. The van der Waals surface area contributed by atoms with Gasteiger partial charge in [-0.2, -0.15) is 0 Å². The van der Waals surface area contributed by atoms with E-state index in [0.29, 0.717) is 0 Å². The number of benzene rings is 3. The van der Waals surface area contributed by atoms with Crippen molar-refractivity contribution in [2.24, 2.45) is 11.8 Å². The van der Waals surface area contributed by atoms with Gasteiger partial charge in [-0.25, -0.2) is 15.3 Å². The molecule has 4 heterocycles. The number of rotatable bonds is 3. The fourth-order valence-corrected chi connectivity index (χ4v) is 5.97. The Morgan fingerprint density at radius 3 is 1.22 bits per heavy atom. The van der Waals surface area contributed by atoms with E-state index in [1.54, 1.807) is 0 Å². The van der Waals surface area contributed by atoms with Crippen LogP contribution in [0.3, 0.4) is 0 Å². The van der Waals surface area contributed by atoms with E-state index in [4.69, 9.17) is 20.0 Å². The van der Waals surface area contributed by atoms with Crippen molar-refractivity contribution in [2.75, 3.05) is 13.2 Å². The number of para-hydroxylation sites is 3. The zero-order chi connectivity index (χ0) is 26.7. The third-order valence-electron chi connectivity index (χ3n) is 8.04. The summed E-state index contributed by atoms with van der Waals surface area (Å²) in [5, 5.41) is 17.6. The Hall–Kier alpha value is -3.80. The smallest absolute Gasteiger partial charge is 0.327 e. The van der Waals surface area contributed by atoms with Crippen LogP contribution in [0.25, 0.3) is 32.7 Å². The van der Waals surface area contributed by atoms with Gasteiger partial charge >= 0.3 is 7.12 Å². The van der Waals surface area contributed by atoms with Gasteiger partial charge in [-0.15, -0.1) is 0 Å². The van der Waals surface area contributed by atoms with Crippen molar-refractivity contribution < 1.29 is 24.2 Å². The molecule has 2 aliphatic carbocycles. The predicted molar refractivity (Wildman–Crippen MR) is 162 cm³/mol. The van der Waals surface area contributed by atoms with Crippen molar-refractivity contribution in [1.29, 1.82) is 0 Å². The summed E-state index contributed by atoms with van der Waals surface area (Å²) in [6.07, 6.45) is 18.8. The summed E-state index contributed by atoms with van der Waals surface area (Å²) in [5.74, 6) is 1.62. The fourth-order valence-electron chi connectivity index (χ4n) is 5.97. The van der Waals surface area contributed by atoms with Gasteiger partial charge in [0.2, 0.25) is 0 Å². The first-order valence-electron chi connectivity index (χ1n) is 14.2. The number of fused-ring (bicyclic) bond motifs is 5. The maximum atomic E-state index is 4.94. The van der Waals surface area contributed by atoms with Gasteiger partial charge in [0.1, 0.15) is 0 Å². The van der Waals surface area contributed by atoms with Gasteiger partial charge in [0, 0.05) is 65.4 Å². The molecule has 1 aliphatic heterocycles. The molecule has 6 aromatic rings. The molecule has 0 amide bonds. The standard InChI is InChI=1S/C21H16BN6.C7H8.C4H8O.Rh/c1-4-10-19-16(7-1)13-23-26(19)22(27-20-11-5-2-8-17(20)14-24-27)28-21-12-6-3-9-18(21)15-25-28;1-2-7-4-3-6(1)5-7;1-2-4-5-3-1;/h1-15,22H;1-4,6-7H,5H2;1-4H2;/q-1;;;. The zero-order valence-corrected chi connectivity index (χ0v) is 24.4. The van der Waals surface area contributed by atoms with E-state index in [2.05, 4.69) is 74.5 Å². The molecule has 3 aromatic heterocycles. The number of hydrogen-bond donors (Lipinski definition) is 0. The Labute approximate surface area is 252 Å². The minimum atomic E-state index is -1.46. The molecule has 0 spiro atoms. The molecular weight excluding hydrogens is 598 g/mol. The second-order valence-corrected chi connectivity index (χ2v) is 10.7. The largest absolute Gasteiger partial charge is 0.396 e. The summed E-state index contributed by atoms with van der Waals surface area (Å²) in [4.78, 5) is 0. The quantitative estimate of drug-likeness (QED) is 0.180. The fraction of sp³-hybridized carbons (Fsp3) is 0.219. The molecule has 7 nitrogen and oxygen atoms in total. The summed E-state index contributed by atoms with van der Waals surface area (Å²) in [6.45, 7) is 2.00. The number of nitrogens with zero attached hydrogens (tertiary/aromatic N) is 6. The molecule has 1 saturated heterocycles.